The van der Waals surface area contributed by atoms with Gasteiger partial charge in [0.25, 0.3) is 0 Å². The maximum Gasteiger partial charge on any atom is 0.0706 e. The molecule has 0 unspecified atom stereocenters. The summed E-state index contributed by atoms with van der Waals surface area (Å²) in [6.45, 7) is 0. The van der Waals surface area contributed by atoms with Crippen LogP contribution in [-0.2, 0) is 0 Å². The number of aliphatic hydroxyl groups excluding tert-OH is 1. The predicted molar refractivity (Wildman–Crippen MR) is 38.2 cm³/mol. The molecule has 3 nitrogen and oxygen atoms in total. The predicted octanol–water partition coefficient (Wildman–Crippen LogP) is -0.215. The zero-order valence-corrected chi connectivity index (χ0v) is 6.03. The first-order valence-corrected chi connectivity index (χ1v) is 2.99. The van der Waals surface area contributed by atoms with E-state index in [4.69, 9.17) is 10.9 Å². The van der Waals surface area contributed by atoms with Gasteiger partial charge in [-0.15, -0.1) is 12.4 Å². The molecule has 0 amide bonds. The number of rotatable bonds is 1. The molecule has 0 heterocycles. The Morgan fingerprint density at radius 3 is 2.33 bits per heavy atom. The van der Waals surface area contributed by atoms with Crippen molar-refractivity contribution in [3.05, 3.63) is 0 Å². The second-order valence-corrected chi connectivity index (χ2v) is 2.27. The quantitative estimate of drug-likeness (QED) is 0.360. The molecular weight excluding hydrogens is 140 g/mol. The van der Waals surface area contributed by atoms with E-state index in [2.05, 4.69) is 5.43 Å². The third-order valence-corrected chi connectivity index (χ3v) is 1.69. The van der Waals surface area contributed by atoms with Gasteiger partial charge in [0.2, 0.25) is 0 Å². The third kappa shape index (κ3) is 2.10. The van der Waals surface area contributed by atoms with Gasteiger partial charge in [-0.1, -0.05) is 0 Å². The highest BCUT2D eigenvalue weighted by Crippen LogP contribution is 2.17. The summed E-state index contributed by atoms with van der Waals surface area (Å²) in [6, 6.07) is 0.148. The smallest absolute Gasteiger partial charge is 0.0706 e. The maximum absolute atomic E-state index is 9.05. The van der Waals surface area contributed by atoms with Crippen molar-refractivity contribution in [2.24, 2.45) is 5.84 Å². The first kappa shape index (κ1) is 9.17. The topological polar surface area (TPSA) is 58.3 Å². The Balaban J connectivity index is 0.000000640. The van der Waals surface area contributed by atoms with Crippen molar-refractivity contribution in [1.29, 1.82) is 0 Å². The van der Waals surface area contributed by atoms with Crippen LogP contribution in [0.2, 0.25) is 0 Å². The maximum atomic E-state index is 9.05. The number of nitrogens with two attached hydrogens (primary N) is 1. The molecule has 4 N–H and O–H groups in total. The fraction of sp³-hybridized carbons (Fsp3) is 1.00. The van der Waals surface area contributed by atoms with Crippen LogP contribution < -0.4 is 11.3 Å². The van der Waals surface area contributed by atoms with E-state index in [0.717, 1.165) is 19.3 Å². The van der Waals surface area contributed by atoms with Gasteiger partial charge in [0, 0.05) is 6.04 Å². The molecule has 1 aliphatic carbocycles. The molecule has 0 bridgehead atoms. The molecule has 0 aliphatic heterocycles. The van der Waals surface area contributed by atoms with E-state index in [0.29, 0.717) is 0 Å². The molecule has 0 spiro atoms. The van der Waals surface area contributed by atoms with Crippen molar-refractivity contribution in [2.75, 3.05) is 0 Å². The van der Waals surface area contributed by atoms with Crippen LogP contribution in [-0.4, -0.2) is 17.3 Å². The Labute approximate surface area is 61.0 Å². The summed E-state index contributed by atoms with van der Waals surface area (Å²) in [6.07, 6.45) is 2.79. The monoisotopic (exact) mass is 152 g/mol. The summed E-state index contributed by atoms with van der Waals surface area (Å²) >= 11 is 0. The van der Waals surface area contributed by atoms with E-state index in [1.54, 1.807) is 0 Å². The summed E-state index contributed by atoms with van der Waals surface area (Å²) in [5, 5.41) is 9.05. The summed E-state index contributed by atoms with van der Waals surface area (Å²) < 4.78 is 0. The van der Waals surface area contributed by atoms with Crippen molar-refractivity contribution >= 4 is 12.4 Å². The molecule has 4 heteroatoms. The van der Waals surface area contributed by atoms with Crippen LogP contribution in [0.4, 0.5) is 0 Å². The number of aliphatic hydroxyl groups is 1. The Morgan fingerprint density at radius 2 is 2.11 bits per heavy atom. The van der Waals surface area contributed by atoms with E-state index in [1.165, 1.54) is 0 Å². The van der Waals surface area contributed by atoms with Crippen molar-refractivity contribution < 1.29 is 5.11 Å². The SMILES string of the molecule is Cl.NN[C@@H]1CCC[C@H]1O. The van der Waals surface area contributed by atoms with Crippen molar-refractivity contribution in [3.63, 3.8) is 0 Å². The van der Waals surface area contributed by atoms with Gasteiger partial charge < -0.3 is 5.11 Å². The van der Waals surface area contributed by atoms with E-state index >= 15 is 0 Å². The van der Waals surface area contributed by atoms with Crippen molar-refractivity contribution in [1.82, 2.24) is 5.43 Å². The minimum Gasteiger partial charge on any atom is -0.391 e. The molecule has 1 aliphatic rings. The summed E-state index contributed by atoms with van der Waals surface area (Å²) in [5.74, 6) is 5.11. The lowest BCUT2D eigenvalue weighted by atomic mass is 10.2. The molecule has 1 rings (SSSR count). The second kappa shape index (κ2) is 4.06. The summed E-state index contributed by atoms with van der Waals surface area (Å²) in [4.78, 5) is 0. The number of hydrogen-bond acceptors (Lipinski definition) is 3. The normalized spacial score (nSPS) is 34.0. The third-order valence-electron chi connectivity index (χ3n) is 1.69. The number of hydrogen-bond donors (Lipinski definition) is 3. The lowest BCUT2D eigenvalue weighted by Crippen LogP contribution is -2.40. The van der Waals surface area contributed by atoms with Crippen LogP contribution in [0.15, 0.2) is 0 Å². The fourth-order valence-corrected chi connectivity index (χ4v) is 1.13. The lowest BCUT2D eigenvalue weighted by molar-refractivity contribution is 0.150. The van der Waals surface area contributed by atoms with Crippen molar-refractivity contribution in [3.8, 4) is 0 Å². The van der Waals surface area contributed by atoms with Crippen LogP contribution in [0.3, 0.4) is 0 Å². The average molecular weight is 153 g/mol. The Hall–Kier alpha value is 0.170. The van der Waals surface area contributed by atoms with Crippen LogP contribution in [0.25, 0.3) is 0 Å². The van der Waals surface area contributed by atoms with E-state index in [9.17, 15) is 0 Å². The highest BCUT2D eigenvalue weighted by molar-refractivity contribution is 5.85. The first-order chi connectivity index (χ1) is 3.84. The molecule has 1 fully saturated rings. The fourth-order valence-electron chi connectivity index (χ4n) is 1.13. The van der Waals surface area contributed by atoms with Crippen LogP contribution in [0.1, 0.15) is 19.3 Å². The molecule has 0 aromatic heterocycles. The second-order valence-electron chi connectivity index (χ2n) is 2.27. The Kier molecular flexibility index (Phi) is 4.14. The van der Waals surface area contributed by atoms with Gasteiger partial charge in [-0.25, -0.2) is 0 Å². The molecule has 56 valence electrons. The van der Waals surface area contributed by atoms with E-state index in [-0.39, 0.29) is 24.6 Å². The minimum atomic E-state index is -0.208. The van der Waals surface area contributed by atoms with E-state index < -0.39 is 0 Å². The standard InChI is InChI=1S/C5H12N2O.ClH/c6-7-4-2-1-3-5(4)8;/h4-5,7-8H,1-3,6H2;1H/t4-,5-;/m1./s1. The average Bonchev–Trinajstić information content (AvgIpc) is 2.14. The highest BCUT2D eigenvalue weighted by Gasteiger charge is 2.23. The summed E-state index contributed by atoms with van der Waals surface area (Å²) in [5.41, 5.74) is 2.56. The summed E-state index contributed by atoms with van der Waals surface area (Å²) in [7, 11) is 0. The molecule has 0 aromatic carbocycles. The molecule has 1 saturated carbocycles. The molecular formula is C5H13ClN2O. The number of halogens is 1. The van der Waals surface area contributed by atoms with Gasteiger partial charge >= 0.3 is 0 Å². The number of hydrazine groups is 1. The van der Waals surface area contributed by atoms with Gasteiger partial charge in [0.1, 0.15) is 0 Å². The van der Waals surface area contributed by atoms with Gasteiger partial charge in [-0.05, 0) is 19.3 Å². The minimum absolute atomic E-state index is 0. The van der Waals surface area contributed by atoms with Crippen molar-refractivity contribution in [2.45, 2.75) is 31.4 Å². The van der Waals surface area contributed by atoms with E-state index in [1.807, 2.05) is 0 Å². The Morgan fingerprint density at radius 1 is 1.44 bits per heavy atom. The molecule has 9 heavy (non-hydrogen) atoms. The molecule has 0 saturated heterocycles. The van der Waals surface area contributed by atoms with Gasteiger partial charge in [0.05, 0.1) is 6.10 Å². The zero-order valence-electron chi connectivity index (χ0n) is 5.21. The first-order valence-electron chi connectivity index (χ1n) is 2.99. The zero-order chi connectivity index (χ0) is 5.98. The Bertz CT molecular complexity index is 81.4. The van der Waals surface area contributed by atoms with Gasteiger partial charge in [-0.2, -0.15) is 0 Å². The molecule has 0 radical (unpaired) electrons. The molecule has 0 aromatic rings. The number of nitrogens with one attached hydrogen (secondary N) is 1. The lowest BCUT2D eigenvalue weighted by Gasteiger charge is -2.10. The largest absolute Gasteiger partial charge is 0.391 e. The van der Waals surface area contributed by atoms with Gasteiger partial charge in [0.15, 0.2) is 0 Å². The van der Waals surface area contributed by atoms with Crippen LogP contribution in [0, 0.1) is 0 Å². The van der Waals surface area contributed by atoms with Crippen LogP contribution in [0.5, 0.6) is 0 Å². The molecule has 2 atom stereocenters. The highest BCUT2D eigenvalue weighted by atomic mass is 35.5. The van der Waals surface area contributed by atoms with Crippen LogP contribution >= 0.6 is 12.4 Å². The van der Waals surface area contributed by atoms with Gasteiger partial charge in [-0.3, -0.25) is 11.3 Å².